The van der Waals surface area contributed by atoms with Gasteiger partial charge in [-0.1, -0.05) is 12.1 Å². The summed E-state index contributed by atoms with van der Waals surface area (Å²) < 4.78 is 5.60. The highest BCUT2D eigenvalue weighted by Gasteiger charge is 2.17. The minimum atomic E-state index is 0.583. The molecule has 0 spiro atoms. The first kappa shape index (κ1) is 9.53. The van der Waals surface area contributed by atoms with Crippen molar-refractivity contribution in [2.45, 2.75) is 32.9 Å². The Bertz CT molecular complexity index is 308. The third-order valence-electron chi connectivity index (χ3n) is 2.68. The van der Waals surface area contributed by atoms with Crippen molar-refractivity contribution >= 4 is 0 Å². The number of rotatable bonds is 2. The molecular weight excluding hydrogens is 174 g/mol. The van der Waals surface area contributed by atoms with E-state index in [-0.39, 0.29) is 0 Å². The molecule has 1 aliphatic rings. The molecule has 0 saturated heterocycles. The van der Waals surface area contributed by atoms with Gasteiger partial charge in [0.25, 0.3) is 0 Å². The zero-order valence-electron chi connectivity index (χ0n) is 8.84. The minimum absolute atomic E-state index is 0.583. The topological polar surface area (TPSA) is 21.3 Å². The zero-order chi connectivity index (χ0) is 9.97. The van der Waals surface area contributed by atoms with E-state index >= 15 is 0 Å². The predicted octanol–water partition coefficient (Wildman–Crippen LogP) is 2.12. The summed E-state index contributed by atoms with van der Waals surface area (Å²) in [7, 11) is 0. The molecule has 1 N–H and O–H groups in total. The first-order valence-corrected chi connectivity index (χ1v) is 5.28. The normalized spacial score (nSPS) is 20.3. The minimum Gasteiger partial charge on any atom is -0.494 e. The molecule has 1 atom stereocenters. The molecule has 2 rings (SSSR count). The summed E-state index contributed by atoms with van der Waals surface area (Å²) in [5, 5.41) is 3.46. The Kier molecular flexibility index (Phi) is 2.73. The SMILES string of the molecule is CCOc1cccc2c1CNC(C)C2. The second-order valence-corrected chi connectivity index (χ2v) is 3.81. The van der Waals surface area contributed by atoms with E-state index in [0.29, 0.717) is 6.04 Å². The van der Waals surface area contributed by atoms with Crippen LogP contribution in [0, 0.1) is 0 Å². The summed E-state index contributed by atoms with van der Waals surface area (Å²) in [5.41, 5.74) is 2.77. The van der Waals surface area contributed by atoms with Gasteiger partial charge in [-0.3, -0.25) is 0 Å². The van der Waals surface area contributed by atoms with Gasteiger partial charge >= 0.3 is 0 Å². The quantitative estimate of drug-likeness (QED) is 0.773. The van der Waals surface area contributed by atoms with E-state index in [4.69, 9.17) is 4.74 Å². The highest BCUT2D eigenvalue weighted by molar-refractivity contribution is 5.42. The van der Waals surface area contributed by atoms with Crippen LogP contribution in [0.5, 0.6) is 5.75 Å². The van der Waals surface area contributed by atoms with Gasteiger partial charge in [-0.15, -0.1) is 0 Å². The summed E-state index contributed by atoms with van der Waals surface area (Å²) in [6, 6.07) is 6.93. The van der Waals surface area contributed by atoms with Crippen LogP contribution in [0.1, 0.15) is 25.0 Å². The van der Waals surface area contributed by atoms with E-state index in [9.17, 15) is 0 Å². The van der Waals surface area contributed by atoms with Gasteiger partial charge in [0.05, 0.1) is 6.61 Å². The van der Waals surface area contributed by atoms with Crippen LogP contribution in [-0.2, 0) is 13.0 Å². The summed E-state index contributed by atoms with van der Waals surface area (Å²) in [6.45, 7) is 5.92. The maximum Gasteiger partial charge on any atom is 0.124 e. The Morgan fingerprint density at radius 3 is 3.14 bits per heavy atom. The lowest BCUT2D eigenvalue weighted by Crippen LogP contribution is -2.33. The van der Waals surface area contributed by atoms with E-state index in [0.717, 1.165) is 25.3 Å². The first-order chi connectivity index (χ1) is 6.81. The predicted molar refractivity (Wildman–Crippen MR) is 57.6 cm³/mol. The van der Waals surface area contributed by atoms with Gasteiger partial charge in [-0.05, 0) is 31.9 Å². The van der Waals surface area contributed by atoms with E-state index in [1.54, 1.807) is 0 Å². The fraction of sp³-hybridized carbons (Fsp3) is 0.500. The molecule has 0 radical (unpaired) electrons. The summed E-state index contributed by atoms with van der Waals surface area (Å²) >= 11 is 0. The number of benzene rings is 1. The van der Waals surface area contributed by atoms with Gasteiger partial charge in [-0.25, -0.2) is 0 Å². The molecule has 1 aromatic carbocycles. The van der Waals surface area contributed by atoms with Crippen LogP contribution in [0.15, 0.2) is 18.2 Å². The average molecular weight is 191 g/mol. The van der Waals surface area contributed by atoms with Crippen molar-refractivity contribution in [3.05, 3.63) is 29.3 Å². The maximum absolute atomic E-state index is 5.60. The molecule has 0 fully saturated rings. The van der Waals surface area contributed by atoms with Crippen LogP contribution in [-0.4, -0.2) is 12.6 Å². The Balaban J connectivity index is 2.31. The smallest absolute Gasteiger partial charge is 0.124 e. The van der Waals surface area contributed by atoms with Crippen molar-refractivity contribution in [1.29, 1.82) is 0 Å². The van der Waals surface area contributed by atoms with Crippen molar-refractivity contribution in [2.75, 3.05) is 6.61 Å². The van der Waals surface area contributed by atoms with Gasteiger partial charge in [-0.2, -0.15) is 0 Å². The third-order valence-corrected chi connectivity index (χ3v) is 2.68. The fourth-order valence-corrected chi connectivity index (χ4v) is 1.97. The Morgan fingerprint density at radius 2 is 2.36 bits per heavy atom. The van der Waals surface area contributed by atoms with Crippen molar-refractivity contribution in [3.8, 4) is 5.75 Å². The Morgan fingerprint density at radius 1 is 1.50 bits per heavy atom. The van der Waals surface area contributed by atoms with Gasteiger partial charge in [0.2, 0.25) is 0 Å². The standard InChI is InChI=1S/C12H17NO/c1-3-14-12-6-4-5-10-7-9(2)13-8-11(10)12/h4-6,9,13H,3,7-8H2,1-2H3. The summed E-state index contributed by atoms with van der Waals surface area (Å²) in [4.78, 5) is 0. The lowest BCUT2D eigenvalue weighted by molar-refractivity contribution is 0.332. The molecular formula is C12H17NO. The molecule has 0 bridgehead atoms. The second kappa shape index (κ2) is 4.01. The number of ether oxygens (including phenoxy) is 1. The largest absolute Gasteiger partial charge is 0.494 e. The number of nitrogens with one attached hydrogen (secondary N) is 1. The van der Waals surface area contributed by atoms with Gasteiger partial charge in [0.1, 0.15) is 5.75 Å². The van der Waals surface area contributed by atoms with Crippen LogP contribution in [0.2, 0.25) is 0 Å². The van der Waals surface area contributed by atoms with E-state index in [1.165, 1.54) is 11.1 Å². The molecule has 1 heterocycles. The molecule has 0 amide bonds. The molecule has 1 aliphatic heterocycles. The maximum atomic E-state index is 5.60. The molecule has 1 aromatic rings. The molecule has 2 nitrogen and oxygen atoms in total. The van der Waals surface area contributed by atoms with Gasteiger partial charge in [0, 0.05) is 18.2 Å². The fourth-order valence-electron chi connectivity index (χ4n) is 1.97. The van der Waals surface area contributed by atoms with Crippen LogP contribution >= 0.6 is 0 Å². The van der Waals surface area contributed by atoms with E-state index in [2.05, 4.69) is 30.4 Å². The van der Waals surface area contributed by atoms with E-state index < -0.39 is 0 Å². The number of fused-ring (bicyclic) bond motifs is 1. The summed E-state index contributed by atoms with van der Waals surface area (Å²) in [5.74, 6) is 1.05. The number of hydrogen-bond acceptors (Lipinski definition) is 2. The van der Waals surface area contributed by atoms with Crippen LogP contribution in [0.3, 0.4) is 0 Å². The van der Waals surface area contributed by atoms with E-state index in [1.807, 2.05) is 6.92 Å². The monoisotopic (exact) mass is 191 g/mol. The Hall–Kier alpha value is -1.02. The van der Waals surface area contributed by atoms with Gasteiger partial charge < -0.3 is 10.1 Å². The van der Waals surface area contributed by atoms with Crippen LogP contribution in [0.4, 0.5) is 0 Å². The highest BCUT2D eigenvalue weighted by atomic mass is 16.5. The highest BCUT2D eigenvalue weighted by Crippen LogP contribution is 2.26. The molecule has 0 aliphatic carbocycles. The molecule has 0 aromatic heterocycles. The first-order valence-electron chi connectivity index (χ1n) is 5.28. The lowest BCUT2D eigenvalue weighted by Gasteiger charge is -2.24. The third kappa shape index (κ3) is 1.75. The van der Waals surface area contributed by atoms with Gasteiger partial charge in [0.15, 0.2) is 0 Å². The van der Waals surface area contributed by atoms with Crippen molar-refractivity contribution in [3.63, 3.8) is 0 Å². The van der Waals surface area contributed by atoms with Crippen molar-refractivity contribution in [2.24, 2.45) is 0 Å². The lowest BCUT2D eigenvalue weighted by atomic mass is 9.96. The Labute approximate surface area is 85.3 Å². The van der Waals surface area contributed by atoms with Crippen molar-refractivity contribution < 1.29 is 4.74 Å². The second-order valence-electron chi connectivity index (χ2n) is 3.81. The molecule has 1 unspecified atom stereocenters. The average Bonchev–Trinajstić information content (AvgIpc) is 2.18. The van der Waals surface area contributed by atoms with Crippen LogP contribution < -0.4 is 10.1 Å². The molecule has 14 heavy (non-hydrogen) atoms. The molecule has 0 saturated carbocycles. The molecule has 2 heteroatoms. The molecule has 76 valence electrons. The van der Waals surface area contributed by atoms with Crippen LogP contribution in [0.25, 0.3) is 0 Å². The number of hydrogen-bond donors (Lipinski definition) is 1. The zero-order valence-corrected chi connectivity index (χ0v) is 8.84. The summed E-state index contributed by atoms with van der Waals surface area (Å²) in [6.07, 6.45) is 1.11. The van der Waals surface area contributed by atoms with Crippen molar-refractivity contribution in [1.82, 2.24) is 5.32 Å².